The van der Waals surface area contributed by atoms with Crippen LogP contribution in [0.1, 0.15) is 11.1 Å². The van der Waals surface area contributed by atoms with Gasteiger partial charge >= 0.3 is 0 Å². The molecule has 1 aromatic carbocycles. The summed E-state index contributed by atoms with van der Waals surface area (Å²) < 4.78 is 11.3. The maximum atomic E-state index is 10.1. The summed E-state index contributed by atoms with van der Waals surface area (Å²) in [4.78, 5) is 0.938. The lowest BCUT2D eigenvalue weighted by molar-refractivity contribution is 0.125. The van der Waals surface area contributed by atoms with E-state index in [4.69, 9.17) is 9.15 Å². The molecule has 0 saturated heterocycles. The summed E-state index contributed by atoms with van der Waals surface area (Å²) in [5.74, 6) is 1.77. The number of aliphatic hydroxyl groups is 1. The number of para-hydroxylation sites is 1. The molecule has 1 N–H and O–H groups in total. The number of aryl methyl sites for hydroxylation is 2. The lowest BCUT2D eigenvalue weighted by atomic mass is 10.1. The summed E-state index contributed by atoms with van der Waals surface area (Å²) in [5.41, 5.74) is 2.12. The average molecular weight is 362 g/mol. The van der Waals surface area contributed by atoms with Crippen LogP contribution < -0.4 is 4.74 Å². The van der Waals surface area contributed by atoms with Gasteiger partial charge in [-0.2, -0.15) is 0 Å². The highest BCUT2D eigenvalue weighted by atomic mass is 32.2. The Balaban J connectivity index is 1.50. The van der Waals surface area contributed by atoms with E-state index in [1.807, 2.05) is 49.6 Å². The second-order valence-corrected chi connectivity index (χ2v) is 7.27. The van der Waals surface area contributed by atoms with Crippen LogP contribution in [0.4, 0.5) is 0 Å². The Morgan fingerprint density at radius 3 is 2.71 bits per heavy atom. The van der Waals surface area contributed by atoms with E-state index in [9.17, 15) is 5.11 Å². The summed E-state index contributed by atoms with van der Waals surface area (Å²) >= 11 is 2.87. The Bertz CT molecular complexity index is 767. The molecule has 0 saturated carbocycles. The van der Waals surface area contributed by atoms with Gasteiger partial charge in [0.25, 0.3) is 11.1 Å². The third-order valence-corrected chi connectivity index (χ3v) is 5.19. The van der Waals surface area contributed by atoms with Gasteiger partial charge < -0.3 is 14.3 Å². The molecule has 3 aromatic rings. The van der Waals surface area contributed by atoms with Gasteiger partial charge in [-0.3, -0.25) is 0 Å². The third-order valence-electron chi connectivity index (χ3n) is 3.37. The van der Waals surface area contributed by atoms with E-state index in [0.717, 1.165) is 21.8 Å². The first-order valence-electron chi connectivity index (χ1n) is 7.50. The zero-order valence-electron chi connectivity index (χ0n) is 13.4. The van der Waals surface area contributed by atoms with Crippen molar-refractivity contribution in [3.05, 3.63) is 46.8 Å². The molecule has 24 heavy (non-hydrogen) atoms. The van der Waals surface area contributed by atoms with Crippen LogP contribution in [0.15, 0.2) is 45.4 Å². The number of benzene rings is 1. The molecule has 5 nitrogen and oxygen atoms in total. The number of rotatable bonds is 7. The zero-order valence-corrected chi connectivity index (χ0v) is 15.1. The number of aliphatic hydroxyl groups excluding tert-OH is 1. The zero-order chi connectivity index (χ0) is 16.9. The topological polar surface area (TPSA) is 68.4 Å². The summed E-state index contributed by atoms with van der Waals surface area (Å²) in [6, 6.07) is 9.85. The molecule has 0 radical (unpaired) electrons. The molecule has 3 rings (SSSR count). The average Bonchev–Trinajstić information content (AvgIpc) is 3.23. The highest BCUT2D eigenvalue weighted by molar-refractivity contribution is 7.99. The molecule has 126 valence electrons. The molecule has 0 aliphatic heterocycles. The van der Waals surface area contributed by atoms with Gasteiger partial charge in [0.05, 0.1) is 11.0 Å². The number of thioether (sulfide) groups is 1. The second-order valence-electron chi connectivity index (χ2n) is 5.35. The molecule has 0 aliphatic carbocycles. The largest absolute Gasteiger partial charge is 0.490 e. The third kappa shape index (κ3) is 4.17. The van der Waals surface area contributed by atoms with E-state index in [1.54, 1.807) is 11.3 Å². The molecule has 0 fully saturated rings. The van der Waals surface area contributed by atoms with Crippen LogP contribution in [0.5, 0.6) is 5.75 Å². The molecule has 1 atom stereocenters. The van der Waals surface area contributed by atoms with Crippen molar-refractivity contribution >= 4 is 23.1 Å². The lowest BCUT2D eigenvalue weighted by Crippen LogP contribution is -2.20. The van der Waals surface area contributed by atoms with Gasteiger partial charge in [0.2, 0.25) is 0 Å². The summed E-state index contributed by atoms with van der Waals surface area (Å²) in [7, 11) is 0. The van der Waals surface area contributed by atoms with Gasteiger partial charge in [0, 0.05) is 5.75 Å². The van der Waals surface area contributed by atoms with Gasteiger partial charge in [-0.15, -0.1) is 21.5 Å². The number of ether oxygens (including phenoxy) is 1. The quantitative estimate of drug-likeness (QED) is 0.642. The monoisotopic (exact) mass is 362 g/mol. The molecule has 0 bridgehead atoms. The van der Waals surface area contributed by atoms with E-state index in [-0.39, 0.29) is 6.61 Å². The molecule has 2 heterocycles. The van der Waals surface area contributed by atoms with E-state index in [0.29, 0.717) is 16.9 Å². The van der Waals surface area contributed by atoms with Crippen molar-refractivity contribution < 1.29 is 14.3 Å². The van der Waals surface area contributed by atoms with Crippen molar-refractivity contribution in [3.63, 3.8) is 0 Å². The Morgan fingerprint density at radius 2 is 2.00 bits per heavy atom. The highest BCUT2D eigenvalue weighted by Gasteiger charge is 2.13. The Kier molecular flexibility index (Phi) is 5.55. The minimum absolute atomic E-state index is 0.227. The Hall–Kier alpha value is -1.83. The van der Waals surface area contributed by atoms with Crippen LogP contribution in [0.25, 0.3) is 10.8 Å². The SMILES string of the molecule is Cc1cccc(C)c1OCC(O)CSc1nnc(-c2cccs2)o1. The van der Waals surface area contributed by atoms with Crippen molar-refractivity contribution in [3.8, 4) is 16.5 Å². The van der Waals surface area contributed by atoms with Crippen molar-refractivity contribution in [2.45, 2.75) is 25.2 Å². The minimum Gasteiger partial charge on any atom is -0.490 e. The number of thiophene rings is 1. The van der Waals surface area contributed by atoms with E-state index < -0.39 is 6.10 Å². The fraction of sp³-hybridized carbons (Fsp3) is 0.294. The fourth-order valence-electron chi connectivity index (χ4n) is 2.19. The van der Waals surface area contributed by atoms with Crippen LogP contribution in [0, 0.1) is 13.8 Å². The maximum Gasteiger partial charge on any atom is 0.276 e. The molecule has 1 unspecified atom stereocenters. The molecule has 7 heteroatoms. The minimum atomic E-state index is -0.619. The second kappa shape index (κ2) is 7.83. The van der Waals surface area contributed by atoms with E-state index in [1.165, 1.54) is 11.8 Å². The van der Waals surface area contributed by atoms with Crippen LogP contribution >= 0.6 is 23.1 Å². The van der Waals surface area contributed by atoms with Crippen LogP contribution in [0.2, 0.25) is 0 Å². The van der Waals surface area contributed by atoms with Gasteiger partial charge in [0.15, 0.2) is 0 Å². The first kappa shape index (κ1) is 17.0. The van der Waals surface area contributed by atoms with E-state index in [2.05, 4.69) is 10.2 Å². The van der Waals surface area contributed by atoms with Crippen molar-refractivity contribution in [2.75, 3.05) is 12.4 Å². The first-order valence-corrected chi connectivity index (χ1v) is 9.37. The summed E-state index contributed by atoms with van der Waals surface area (Å²) in [6.45, 7) is 4.21. The molecular weight excluding hydrogens is 344 g/mol. The number of hydrogen-bond acceptors (Lipinski definition) is 7. The van der Waals surface area contributed by atoms with E-state index >= 15 is 0 Å². The van der Waals surface area contributed by atoms with Gasteiger partial charge in [0.1, 0.15) is 12.4 Å². The van der Waals surface area contributed by atoms with Crippen molar-refractivity contribution in [2.24, 2.45) is 0 Å². The van der Waals surface area contributed by atoms with Crippen molar-refractivity contribution in [1.29, 1.82) is 0 Å². The fourth-order valence-corrected chi connectivity index (χ4v) is 3.50. The number of nitrogens with zero attached hydrogens (tertiary/aromatic N) is 2. The maximum absolute atomic E-state index is 10.1. The molecule has 0 amide bonds. The van der Waals surface area contributed by atoms with Gasteiger partial charge in [-0.1, -0.05) is 36.0 Å². The number of hydrogen-bond donors (Lipinski definition) is 1. The smallest absolute Gasteiger partial charge is 0.276 e. The molecule has 0 spiro atoms. The predicted octanol–water partition coefficient (Wildman–Crippen LogP) is 3.95. The summed E-state index contributed by atoms with van der Waals surface area (Å²) in [5, 5.41) is 20.5. The Labute approximate surface area is 148 Å². The van der Waals surface area contributed by atoms with Gasteiger partial charge in [-0.25, -0.2) is 0 Å². The van der Waals surface area contributed by atoms with Crippen molar-refractivity contribution in [1.82, 2.24) is 10.2 Å². The van der Waals surface area contributed by atoms with Crippen LogP contribution in [0.3, 0.4) is 0 Å². The molecular formula is C17H18N2O3S2. The normalized spacial score (nSPS) is 12.3. The lowest BCUT2D eigenvalue weighted by Gasteiger charge is -2.14. The number of aromatic nitrogens is 2. The first-order chi connectivity index (χ1) is 11.6. The molecule has 0 aliphatic rings. The van der Waals surface area contributed by atoms with Gasteiger partial charge in [-0.05, 0) is 36.4 Å². The standard InChI is InChI=1S/C17H18N2O3S2/c1-11-5-3-6-12(2)15(11)21-9-13(20)10-24-17-19-18-16(22-17)14-7-4-8-23-14/h3-8,13,20H,9-10H2,1-2H3. The van der Waals surface area contributed by atoms with Crippen LogP contribution in [-0.4, -0.2) is 33.8 Å². The summed E-state index contributed by atoms with van der Waals surface area (Å²) in [6.07, 6.45) is -0.619. The van der Waals surface area contributed by atoms with Crippen LogP contribution in [-0.2, 0) is 0 Å². The Morgan fingerprint density at radius 1 is 1.21 bits per heavy atom. The predicted molar refractivity (Wildman–Crippen MR) is 95.8 cm³/mol. The highest BCUT2D eigenvalue weighted by Crippen LogP contribution is 2.27. The molecule has 2 aromatic heterocycles.